The van der Waals surface area contributed by atoms with Crippen LogP contribution in [0.2, 0.25) is 0 Å². The van der Waals surface area contributed by atoms with E-state index in [0.29, 0.717) is 17.8 Å². The van der Waals surface area contributed by atoms with Crippen molar-refractivity contribution in [3.05, 3.63) is 18.7 Å². The summed E-state index contributed by atoms with van der Waals surface area (Å²) in [5.41, 5.74) is 0. The van der Waals surface area contributed by atoms with Crippen molar-refractivity contribution in [2.45, 2.75) is 46.1 Å². The molecule has 1 aromatic heterocycles. The zero-order chi connectivity index (χ0) is 14.0. The SMILES string of the molecule is CC(C)[C@@H]1CC[C@@H](C)C[C@H]1OC(=O)n1cc[n+](C)c1.[Y]. The minimum atomic E-state index is -0.259. The number of imidazole rings is 1. The molecule has 0 saturated heterocycles. The Bertz CT molecular complexity index is 445. The van der Waals surface area contributed by atoms with Crippen molar-refractivity contribution in [3.63, 3.8) is 0 Å². The molecule has 0 N–H and O–H groups in total. The maximum Gasteiger partial charge on any atom is 0.511 e. The van der Waals surface area contributed by atoms with Gasteiger partial charge in [-0.05, 0) is 30.6 Å². The third-order valence-electron chi connectivity index (χ3n) is 4.19. The number of aromatic nitrogens is 2. The number of nitrogens with zero attached hydrogens (tertiary/aromatic N) is 2. The van der Waals surface area contributed by atoms with Gasteiger partial charge in [0.2, 0.25) is 0 Å². The Balaban J connectivity index is 0.00000200. The van der Waals surface area contributed by atoms with Gasteiger partial charge in [-0.1, -0.05) is 27.2 Å². The minimum absolute atomic E-state index is 0. The summed E-state index contributed by atoms with van der Waals surface area (Å²) in [7, 11) is 1.89. The maximum absolute atomic E-state index is 12.1. The van der Waals surface area contributed by atoms with E-state index in [-0.39, 0.29) is 44.9 Å². The Kier molecular flexibility index (Phi) is 6.86. The fourth-order valence-electron chi connectivity index (χ4n) is 3.00. The van der Waals surface area contributed by atoms with Gasteiger partial charge < -0.3 is 4.74 Å². The Hall–Kier alpha value is -0.216. The zero-order valence-corrected chi connectivity index (χ0v) is 15.8. The number of carbonyl (C=O) groups excluding carboxylic acids is 1. The van der Waals surface area contributed by atoms with Gasteiger partial charge in [-0.3, -0.25) is 0 Å². The van der Waals surface area contributed by atoms with Crippen LogP contribution in [0.15, 0.2) is 18.7 Å². The first-order valence-electron chi connectivity index (χ1n) is 7.21. The summed E-state index contributed by atoms with van der Waals surface area (Å²) in [4.78, 5) is 12.1. The van der Waals surface area contributed by atoms with E-state index in [9.17, 15) is 4.79 Å². The van der Waals surface area contributed by atoms with Gasteiger partial charge >= 0.3 is 6.09 Å². The van der Waals surface area contributed by atoms with Gasteiger partial charge in [0.1, 0.15) is 18.5 Å². The van der Waals surface area contributed by atoms with E-state index in [1.807, 2.05) is 17.8 Å². The van der Waals surface area contributed by atoms with Gasteiger partial charge in [0.05, 0.1) is 7.05 Å². The molecular weight excluding hydrogens is 329 g/mol. The molecule has 1 heterocycles. The van der Waals surface area contributed by atoms with Crippen LogP contribution < -0.4 is 4.57 Å². The standard InChI is InChI=1S/C15H25N2O2.Y/c1-11(2)13-6-5-12(3)9-14(13)19-15(18)17-8-7-16(4)10-17;/h7-8,10-14H,5-6,9H2,1-4H3;/q+1;/t12-,13+,14-;/m1./s1. The van der Waals surface area contributed by atoms with Crippen LogP contribution in [-0.4, -0.2) is 16.8 Å². The molecule has 0 bridgehead atoms. The molecule has 5 heteroatoms. The summed E-state index contributed by atoms with van der Waals surface area (Å²) >= 11 is 0. The van der Waals surface area contributed by atoms with Crippen LogP contribution in [0.1, 0.15) is 40.0 Å². The number of hydrogen-bond donors (Lipinski definition) is 0. The molecule has 1 radical (unpaired) electrons. The molecule has 0 aromatic carbocycles. The Morgan fingerprint density at radius 2 is 2.10 bits per heavy atom. The molecule has 0 unspecified atom stereocenters. The van der Waals surface area contributed by atoms with Crippen LogP contribution in [0.3, 0.4) is 0 Å². The summed E-state index contributed by atoms with van der Waals surface area (Å²) in [5, 5.41) is 0. The smallest absolute Gasteiger partial charge is 0.427 e. The van der Waals surface area contributed by atoms with Crippen molar-refractivity contribution >= 4 is 6.09 Å². The minimum Gasteiger partial charge on any atom is -0.427 e. The molecular formula is C15H25N2O2Y+. The number of hydrogen-bond acceptors (Lipinski definition) is 2. The molecule has 2 rings (SSSR count). The molecule has 0 amide bonds. The number of ether oxygens (including phenoxy) is 1. The quantitative estimate of drug-likeness (QED) is 0.766. The van der Waals surface area contributed by atoms with Gasteiger partial charge in [-0.2, -0.15) is 4.79 Å². The normalized spacial score (nSPS) is 26.1. The molecule has 1 fully saturated rings. The third-order valence-corrected chi connectivity index (χ3v) is 4.19. The van der Waals surface area contributed by atoms with E-state index >= 15 is 0 Å². The van der Waals surface area contributed by atoms with Crippen LogP contribution in [-0.2, 0) is 44.5 Å². The zero-order valence-electron chi connectivity index (χ0n) is 13.0. The number of carbonyl (C=O) groups is 1. The van der Waals surface area contributed by atoms with Crippen LogP contribution in [0.25, 0.3) is 0 Å². The van der Waals surface area contributed by atoms with E-state index in [2.05, 4.69) is 20.8 Å². The second-order valence-electron chi connectivity index (χ2n) is 6.23. The summed E-state index contributed by atoms with van der Waals surface area (Å²) in [6.07, 6.45) is 8.50. The first-order chi connectivity index (χ1) is 8.97. The monoisotopic (exact) mass is 354 g/mol. The van der Waals surface area contributed by atoms with Crippen molar-refractivity contribution < 1.29 is 46.8 Å². The van der Waals surface area contributed by atoms with Crippen molar-refractivity contribution in [1.29, 1.82) is 0 Å². The Labute approximate surface area is 146 Å². The van der Waals surface area contributed by atoms with Crippen LogP contribution in [0.4, 0.5) is 4.79 Å². The number of aryl methyl sites for hydroxylation is 1. The average Bonchev–Trinajstić information content (AvgIpc) is 2.75. The van der Waals surface area contributed by atoms with Gasteiger partial charge in [-0.25, -0.2) is 4.57 Å². The first kappa shape index (κ1) is 17.8. The van der Waals surface area contributed by atoms with Gasteiger partial charge in [0.15, 0.2) is 0 Å². The number of rotatable bonds is 2. The second kappa shape index (κ2) is 7.70. The summed E-state index contributed by atoms with van der Waals surface area (Å²) in [6.45, 7) is 6.68. The fourth-order valence-corrected chi connectivity index (χ4v) is 3.00. The van der Waals surface area contributed by atoms with Crippen molar-refractivity contribution in [2.75, 3.05) is 0 Å². The molecule has 1 aliphatic carbocycles. The fraction of sp³-hybridized carbons (Fsp3) is 0.733. The summed E-state index contributed by atoms with van der Waals surface area (Å²) in [6, 6.07) is 0. The molecule has 109 valence electrons. The average molecular weight is 354 g/mol. The first-order valence-corrected chi connectivity index (χ1v) is 7.21. The van der Waals surface area contributed by atoms with Gasteiger partial charge in [0.25, 0.3) is 6.33 Å². The largest absolute Gasteiger partial charge is 0.511 e. The molecule has 20 heavy (non-hydrogen) atoms. The van der Waals surface area contributed by atoms with E-state index in [1.165, 1.54) is 11.0 Å². The van der Waals surface area contributed by atoms with E-state index in [1.54, 1.807) is 12.5 Å². The second-order valence-corrected chi connectivity index (χ2v) is 6.23. The van der Waals surface area contributed by atoms with Crippen LogP contribution in [0, 0.1) is 17.8 Å². The van der Waals surface area contributed by atoms with Crippen molar-refractivity contribution in [2.24, 2.45) is 24.8 Å². The molecule has 3 atom stereocenters. The summed E-state index contributed by atoms with van der Waals surface area (Å²) in [5.74, 6) is 1.70. The third kappa shape index (κ3) is 4.39. The Morgan fingerprint density at radius 3 is 2.65 bits per heavy atom. The molecule has 0 aliphatic heterocycles. The Morgan fingerprint density at radius 1 is 1.40 bits per heavy atom. The van der Waals surface area contributed by atoms with E-state index in [4.69, 9.17) is 4.74 Å². The topological polar surface area (TPSA) is 35.1 Å². The molecule has 1 aliphatic rings. The van der Waals surface area contributed by atoms with Crippen molar-refractivity contribution in [1.82, 2.24) is 4.57 Å². The van der Waals surface area contributed by atoms with E-state index in [0.717, 1.165) is 12.8 Å². The van der Waals surface area contributed by atoms with E-state index < -0.39 is 0 Å². The molecule has 4 nitrogen and oxygen atoms in total. The predicted octanol–water partition coefficient (Wildman–Crippen LogP) is 2.76. The van der Waals surface area contributed by atoms with Crippen molar-refractivity contribution in [3.8, 4) is 0 Å². The maximum atomic E-state index is 12.1. The predicted molar refractivity (Wildman–Crippen MR) is 72.6 cm³/mol. The van der Waals surface area contributed by atoms with Gasteiger partial charge in [0, 0.05) is 32.7 Å². The molecule has 1 saturated carbocycles. The molecule has 0 spiro atoms. The van der Waals surface area contributed by atoms with Crippen LogP contribution in [0.5, 0.6) is 0 Å². The summed E-state index contributed by atoms with van der Waals surface area (Å²) < 4.78 is 9.09. The van der Waals surface area contributed by atoms with Gasteiger partial charge in [-0.15, -0.1) is 4.57 Å². The molecule has 1 aromatic rings. The van der Waals surface area contributed by atoms with Crippen LogP contribution >= 0.6 is 0 Å².